The number of para-hydroxylation sites is 2. The molecule has 1 atom stereocenters. The lowest BCUT2D eigenvalue weighted by atomic mass is 10.1. The normalized spacial score (nSPS) is 13.5. The summed E-state index contributed by atoms with van der Waals surface area (Å²) in [6.45, 7) is 2.17. The maximum Gasteiger partial charge on any atom is 0.322 e. The fourth-order valence-corrected chi connectivity index (χ4v) is 3.79. The number of nitrogens with zero attached hydrogens (tertiary/aromatic N) is 2. The average Bonchev–Trinajstić information content (AvgIpc) is 2.81. The molecule has 1 heterocycles. The number of hydrogen-bond donors (Lipinski definition) is 2. The van der Waals surface area contributed by atoms with Crippen LogP contribution in [-0.4, -0.2) is 30.2 Å². The predicted molar refractivity (Wildman–Crippen MR) is 129 cm³/mol. The zero-order valence-corrected chi connectivity index (χ0v) is 18.6. The number of carbonyl (C=O) groups excluding carboxylic acids is 2. The van der Waals surface area contributed by atoms with Gasteiger partial charge in [0.25, 0.3) is 0 Å². The Balaban J connectivity index is 1.57. The highest BCUT2D eigenvalue weighted by atomic mass is 35.5. The molecule has 3 aromatic rings. The van der Waals surface area contributed by atoms with Crippen LogP contribution < -0.4 is 15.5 Å². The molecule has 33 heavy (non-hydrogen) atoms. The van der Waals surface area contributed by atoms with Gasteiger partial charge in [0.05, 0.1) is 22.9 Å². The summed E-state index contributed by atoms with van der Waals surface area (Å²) in [4.78, 5) is 32.5. The van der Waals surface area contributed by atoms with E-state index in [1.54, 1.807) is 4.90 Å². The Morgan fingerprint density at radius 2 is 1.82 bits per heavy atom. The van der Waals surface area contributed by atoms with E-state index in [0.717, 1.165) is 11.3 Å². The molecule has 4 rings (SSSR count). The third-order valence-electron chi connectivity index (χ3n) is 5.20. The maximum absolute atomic E-state index is 13.5. The number of rotatable bonds is 5. The molecular formula is C25H22ClFN4O2. The van der Waals surface area contributed by atoms with Crippen molar-refractivity contribution in [1.82, 2.24) is 5.32 Å². The van der Waals surface area contributed by atoms with Gasteiger partial charge in [0.1, 0.15) is 11.9 Å². The molecule has 2 N–H and O–H groups in total. The van der Waals surface area contributed by atoms with Gasteiger partial charge in [0.15, 0.2) is 0 Å². The lowest BCUT2D eigenvalue weighted by Crippen LogP contribution is -2.52. The average molecular weight is 465 g/mol. The molecule has 0 unspecified atom stereocenters. The van der Waals surface area contributed by atoms with Gasteiger partial charge in [-0.3, -0.25) is 14.7 Å². The molecule has 0 fully saturated rings. The first-order chi connectivity index (χ1) is 15.9. The zero-order valence-electron chi connectivity index (χ0n) is 17.9. The molecule has 6 nitrogen and oxygen atoms in total. The summed E-state index contributed by atoms with van der Waals surface area (Å²) in [6, 6.07) is 19.4. The molecule has 3 amide bonds. The van der Waals surface area contributed by atoms with Crippen LogP contribution in [0.3, 0.4) is 0 Å². The Morgan fingerprint density at radius 3 is 2.58 bits per heavy atom. The summed E-state index contributed by atoms with van der Waals surface area (Å²) in [5.74, 6) is -1.02. The summed E-state index contributed by atoms with van der Waals surface area (Å²) in [5, 5.41) is 5.47. The fraction of sp³-hybridized carbons (Fsp3) is 0.160. The van der Waals surface area contributed by atoms with Crippen molar-refractivity contribution >= 4 is 46.3 Å². The molecule has 0 spiro atoms. The minimum absolute atomic E-state index is 0.101. The highest BCUT2D eigenvalue weighted by Gasteiger charge is 2.28. The van der Waals surface area contributed by atoms with Gasteiger partial charge in [0, 0.05) is 17.8 Å². The van der Waals surface area contributed by atoms with Crippen LogP contribution in [0.15, 0.2) is 77.8 Å². The number of amides is 3. The summed E-state index contributed by atoms with van der Waals surface area (Å²) in [5.41, 5.74) is 3.37. The van der Waals surface area contributed by atoms with E-state index in [0.29, 0.717) is 23.6 Å². The SMILES string of the molecule is CC1=Nc2ccccc2N(C(=O)N[C@@H](Cc2ccccc2)C(=O)Nc2ccc(F)c(Cl)c2)C1. The minimum Gasteiger partial charge on any atom is -0.326 e. The number of hydrogen-bond acceptors (Lipinski definition) is 3. The van der Waals surface area contributed by atoms with E-state index in [2.05, 4.69) is 15.6 Å². The Bertz CT molecular complexity index is 1220. The molecule has 8 heteroatoms. The van der Waals surface area contributed by atoms with Crippen LogP contribution in [0.25, 0.3) is 0 Å². The van der Waals surface area contributed by atoms with E-state index in [4.69, 9.17) is 11.6 Å². The number of fused-ring (bicyclic) bond motifs is 1. The van der Waals surface area contributed by atoms with E-state index in [-0.39, 0.29) is 11.4 Å². The van der Waals surface area contributed by atoms with Crippen LogP contribution in [0.2, 0.25) is 5.02 Å². The highest BCUT2D eigenvalue weighted by molar-refractivity contribution is 6.31. The number of nitrogens with one attached hydrogen (secondary N) is 2. The van der Waals surface area contributed by atoms with Crippen molar-refractivity contribution in [3.8, 4) is 0 Å². The van der Waals surface area contributed by atoms with Gasteiger partial charge in [-0.25, -0.2) is 9.18 Å². The fourth-order valence-electron chi connectivity index (χ4n) is 3.61. The second-order valence-electron chi connectivity index (χ2n) is 7.73. The first-order valence-corrected chi connectivity index (χ1v) is 10.8. The molecule has 0 saturated carbocycles. The number of carbonyl (C=O) groups is 2. The van der Waals surface area contributed by atoms with Crippen LogP contribution in [0.1, 0.15) is 12.5 Å². The van der Waals surface area contributed by atoms with Gasteiger partial charge in [-0.05, 0) is 42.8 Å². The van der Waals surface area contributed by atoms with Gasteiger partial charge >= 0.3 is 6.03 Å². The molecule has 168 valence electrons. The summed E-state index contributed by atoms with van der Waals surface area (Å²) in [7, 11) is 0. The smallest absolute Gasteiger partial charge is 0.322 e. The van der Waals surface area contributed by atoms with Gasteiger partial charge in [-0.2, -0.15) is 0 Å². The minimum atomic E-state index is -0.880. The van der Waals surface area contributed by atoms with Gasteiger partial charge in [-0.15, -0.1) is 0 Å². The van der Waals surface area contributed by atoms with E-state index in [1.165, 1.54) is 18.2 Å². The van der Waals surface area contributed by atoms with Crippen molar-refractivity contribution in [2.45, 2.75) is 19.4 Å². The molecule has 0 aromatic heterocycles. The number of benzene rings is 3. The second kappa shape index (κ2) is 9.83. The number of anilines is 2. The number of aliphatic imine (C=N–C) groups is 1. The van der Waals surface area contributed by atoms with Crippen molar-refractivity contribution in [2.24, 2.45) is 4.99 Å². The van der Waals surface area contributed by atoms with Gasteiger partial charge < -0.3 is 10.6 Å². The molecule has 0 bridgehead atoms. The van der Waals surface area contributed by atoms with E-state index < -0.39 is 23.8 Å². The largest absolute Gasteiger partial charge is 0.326 e. The van der Waals surface area contributed by atoms with Crippen LogP contribution in [0.4, 0.5) is 26.2 Å². The summed E-state index contributed by atoms with van der Waals surface area (Å²) in [6.07, 6.45) is 0.274. The molecule has 0 aliphatic carbocycles. The van der Waals surface area contributed by atoms with Crippen molar-refractivity contribution in [2.75, 3.05) is 16.8 Å². The Morgan fingerprint density at radius 1 is 1.09 bits per heavy atom. The molecular weight excluding hydrogens is 443 g/mol. The monoisotopic (exact) mass is 464 g/mol. The molecule has 0 saturated heterocycles. The second-order valence-corrected chi connectivity index (χ2v) is 8.14. The Hall–Kier alpha value is -3.71. The van der Waals surface area contributed by atoms with Crippen LogP contribution in [-0.2, 0) is 11.2 Å². The van der Waals surface area contributed by atoms with Crippen LogP contribution >= 0.6 is 11.6 Å². The Kier molecular flexibility index (Phi) is 6.70. The first kappa shape index (κ1) is 22.5. The van der Waals surface area contributed by atoms with Crippen molar-refractivity contribution in [3.05, 3.63) is 89.2 Å². The first-order valence-electron chi connectivity index (χ1n) is 10.4. The topological polar surface area (TPSA) is 73.8 Å². The predicted octanol–water partition coefficient (Wildman–Crippen LogP) is 5.35. The highest BCUT2D eigenvalue weighted by Crippen LogP contribution is 2.31. The standard InChI is InChI=1S/C25H22ClFN4O2/c1-16-15-31(23-10-6-5-9-21(23)28-16)25(33)30-22(13-17-7-3-2-4-8-17)24(32)29-18-11-12-20(27)19(26)14-18/h2-12,14,22H,13,15H2,1H3,(H,29,32)(H,30,33)/t22-/m0/s1. The van der Waals surface area contributed by atoms with Crippen molar-refractivity contribution < 1.29 is 14.0 Å². The van der Waals surface area contributed by atoms with E-state index >= 15 is 0 Å². The van der Waals surface area contributed by atoms with E-state index in [9.17, 15) is 14.0 Å². The summed E-state index contributed by atoms with van der Waals surface area (Å²) >= 11 is 5.84. The zero-order chi connectivity index (χ0) is 23.4. The molecule has 1 aliphatic rings. The summed E-state index contributed by atoms with van der Waals surface area (Å²) < 4.78 is 13.5. The Labute approximate surface area is 196 Å². The van der Waals surface area contributed by atoms with Gasteiger partial charge in [0.2, 0.25) is 5.91 Å². The lowest BCUT2D eigenvalue weighted by molar-refractivity contribution is -0.117. The van der Waals surface area contributed by atoms with Crippen LogP contribution in [0.5, 0.6) is 0 Å². The quantitative estimate of drug-likeness (QED) is 0.534. The molecule has 1 aliphatic heterocycles. The third kappa shape index (κ3) is 5.38. The molecule has 3 aromatic carbocycles. The lowest BCUT2D eigenvalue weighted by Gasteiger charge is -2.29. The third-order valence-corrected chi connectivity index (χ3v) is 5.49. The number of urea groups is 1. The van der Waals surface area contributed by atoms with E-state index in [1.807, 2.05) is 61.5 Å². The van der Waals surface area contributed by atoms with Crippen molar-refractivity contribution in [1.29, 1.82) is 0 Å². The van der Waals surface area contributed by atoms with Crippen LogP contribution in [0, 0.1) is 5.82 Å². The van der Waals surface area contributed by atoms with Gasteiger partial charge in [-0.1, -0.05) is 54.1 Å². The molecule has 0 radical (unpaired) electrons. The van der Waals surface area contributed by atoms with Crippen molar-refractivity contribution in [3.63, 3.8) is 0 Å². The number of halogens is 2. The maximum atomic E-state index is 13.5.